The van der Waals surface area contributed by atoms with E-state index in [1.807, 2.05) is 6.07 Å². The monoisotopic (exact) mass is 285 g/mol. The molecule has 16 heavy (non-hydrogen) atoms. The summed E-state index contributed by atoms with van der Waals surface area (Å²) in [6.07, 6.45) is 3.50. The van der Waals surface area contributed by atoms with Crippen molar-refractivity contribution in [3.63, 3.8) is 0 Å². The SMILES string of the molecule is COc1nnc(CC2CCCN2C)cc1Br. The Morgan fingerprint density at radius 3 is 2.94 bits per heavy atom. The average molecular weight is 286 g/mol. The maximum Gasteiger partial charge on any atom is 0.247 e. The molecule has 0 aliphatic carbocycles. The second kappa shape index (κ2) is 5.10. The van der Waals surface area contributed by atoms with Crippen LogP contribution in [0.15, 0.2) is 10.5 Å². The summed E-state index contributed by atoms with van der Waals surface area (Å²) in [6.45, 7) is 1.19. The van der Waals surface area contributed by atoms with Gasteiger partial charge in [0.15, 0.2) is 0 Å². The molecular weight excluding hydrogens is 270 g/mol. The Labute approximate surface area is 104 Å². The molecule has 4 nitrogen and oxygen atoms in total. The summed E-state index contributed by atoms with van der Waals surface area (Å²) in [4.78, 5) is 2.39. The average Bonchev–Trinajstić information content (AvgIpc) is 2.65. The third-order valence-corrected chi connectivity index (χ3v) is 3.64. The third kappa shape index (κ3) is 2.52. The van der Waals surface area contributed by atoms with E-state index in [0.717, 1.165) is 16.6 Å². The fraction of sp³-hybridized carbons (Fsp3) is 0.636. The Kier molecular flexibility index (Phi) is 3.76. The van der Waals surface area contributed by atoms with E-state index in [0.29, 0.717) is 11.9 Å². The van der Waals surface area contributed by atoms with Crippen molar-refractivity contribution < 1.29 is 4.74 Å². The number of hydrogen-bond acceptors (Lipinski definition) is 4. The largest absolute Gasteiger partial charge is 0.479 e. The van der Waals surface area contributed by atoms with Gasteiger partial charge in [-0.1, -0.05) is 0 Å². The van der Waals surface area contributed by atoms with Crippen LogP contribution in [0.4, 0.5) is 0 Å². The number of aromatic nitrogens is 2. The summed E-state index contributed by atoms with van der Waals surface area (Å²) >= 11 is 3.43. The zero-order chi connectivity index (χ0) is 11.5. The van der Waals surface area contributed by atoms with E-state index < -0.39 is 0 Å². The van der Waals surface area contributed by atoms with Gasteiger partial charge in [-0.15, -0.1) is 5.10 Å². The van der Waals surface area contributed by atoms with E-state index >= 15 is 0 Å². The summed E-state index contributed by atoms with van der Waals surface area (Å²) in [5, 5.41) is 8.20. The molecule has 1 aromatic rings. The van der Waals surface area contributed by atoms with Gasteiger partial charge in [0.1, 0.15) is 0 Å². The maximum atomic E-state index is 5.06. The lowest BCUT2D eigenvalue weighted by atomic mass is 10.1. The molecule has 1 saturated heterocycles. The van der Waals surface area contributed by atoms with Crippen LogP contribution in [0.3, 0.4) is 0 Å². The molecule has 2 heterocycles. The number of likely N-dealkylation sites (N-methyl/N-ethyl adjacent to an activating group) is 1. The van der Waals surface area contributed by atoms with Crippen molar-refractivity contribution >= 4 is 15.9 Å². The maximum absolute atomic E-state index is 5.06. The molecule has 1 fully saturated rings. The van der Waals surface area contributed by atoms with Gasteiger partial charge < -0.3 is 9.64 Å². The van der Waals surface area contributed by atoms with Crippen LogP contribution in [0, 0.1) is 0 Å². The van der Waals surface area contributed by atoms with Crippen molar-refractivity contribution in [3.8, 4) is 5.88 Å². The molecule has 1 unspecified atom stereocenters. The lowest BCUT2D eigenvalue weighted by Gasteiger charge is -2.18. The number of likely N-dealkylation sites (tertiary alicyclic amines) is 1. The number of methoxy groups -OCH3 is 1. The topological polar surface area (TPSA) is 38.3 Å². The zero-order valence-electron chi connectivity index (χ0n) is 9.61. The smallest absolute Gasteiger partial charge is 0.247 e. The van der Waals surface area contributed by atoms with Crippen LogP contribution >= 0.6 is 15.9 Å². The molecule has 0 saturated carbocycles. The Hall–Kier alpha value is -0.680. The molecule has 1 atom stereocenters. The Morgan fingerprint density at radius 1 is 1.56 bits per heavy atom. The first kappa shape index (κ1) is 11.8. The minimum atomic E-state index is 0.545. The van der Waals surface area contributed by atoms with Crippen molar-refractivity contribution in [1.82, 2.24) is 15.1 Å². The van der Waals surface area contributed by atoms with Crippen LogP contribution in [0.5, 0.6) is 5.88 Å². The molecule has 88 valence electrons. The Morgan fingerprint density at radius 2 is 2.38 bits per heavy atom. The standard InChI is InChI=1S/C11H16BrN3O/c1-15-5-3-4-9(15)6-8-7-10(12)11(16-2)14-13-8/h7,9H,3-6H2,1-2H3. The van der Waals surface area contributed by atoms with Crippen LogP contribution in [-0.4, -0.2) is 41.8 Å². The van der Waals surface area contributed by atoms with Crippen molar-refractivity contribution in [2.45, 2.75) is 25.3 Å². The summed E-state index contributed by atoms with van der Waals surface area (Å²) in [5.41, 5.74) is 1.02. The molecule has 0 amide bonds. The van der Waals surface area contributed by atoms with Gasteiger partial charge in [0.05, 0.1) is 17.3 Å². The number of nitrogens with zero attached hydrogens (tertiary/aromatic N) is 3. The highest BCUT2D eigenvalue weighted by molar-refractivity contribution is 9.10. The van der Waals surface area contributed by atoms with Gasteiger partial charge in [-0.25, -0.2) is 0 Å². The van der Waals surface area contributed by atoms with E-state index in [4.69, 9.17) is 4.74 Å². The van der Waals surface area contributed by atoms with Crippen molar-refractivity contribution in [2.75, 3.05) is 20.7 Å². The van der Waals surface area contributed by atoms with Crippen LogP contribution in [0.25, 0.3) is 0 Å². The molecule has 0 bridgehead atoms. The number of ether oxygens (including phenoxy) is 1. The minimum Gasteiger partial charge on any atom is -0.479 e. The second-order valence-electron chi connectivity index (χ2n) is 4.17. The van der Waals surface area contributed by atoms with Crippen molar-refractivity contribution in [2.24, 2.45) is 0 Å². The molecule has 1 aromatic heterocycles. The number of halogens is 1. The van der Waals surface area contributed by atoms with Gasteiger partial charge in [-0.3, -0.25) is 0 Å². The number of rotatable bonds is 3. The summed E-state index contributed by atoms with van der Waals surface area (Å²) < 4.78 is 5.94. The highest BCUT2D eigenvalue weighted by Crippen LogP contribution is 2.24. The van der Waals surface area contributed by atoms with E-state index in [1.54, 1.807) is 7.11 Å². The first-order valence-electron chi connectivity index (χ1n) is 5.47. The van der Waals surface area contributed by atoms with E-state index in [-0.39, 0.29) is 0 Å². The van der Waals surface area contributed by atoms with Crippen molar-refractivity contribution in [1.29, 1.82) is 0 Å². The highest BCUT2D eigenvalue weighted by atomic mass is 79.9. The summed E-state index contributed by atoms with van der Waals surface area (Å²) in [5.74, 6) is 0.545. The van der Waals surface area contributed by atoms with Gasteiger partial charge in [-0.05, 0) is 48.4 Å². The fourth-order valence-electron chi connectivity index (χ4n) is 2.11. The minimum absolute atomic E-state index is 0.545. The molecule has 0 N–H and O–H groups in total. The molecule has 1 aliphatic rings. The van der Waals surface area contributed by atoms with Gasteiger partial charge in [0.2, 0.25) is 5.88 Å². The summed E-state index contributed by atoms with van der Waals surface area (Å²) in [6, 6.07) is 2.60. The Balaban J connectivity index is 2.07. The lowest BCUT2D eigenvalue weighted by molar-refractivity contribution is 0.306. The van der Waals surface area contributed by atoms with Crippen molar-refractivity contribution in [3.05, 3.63) is 16.2 Å². The van der Waals surface area contributed by atoms with Crippen LogP contribution in [-0.2, 0) is 6.42 Å². The molecule has 0 spiro atoms. The van der Waals surface area contributed by atoms with Crippen LogP contribution in [0.2, 0.25) is 0 Å². The van der Waals surface area contributed by atoms with E-state index in [9.17, 15) is 0 Å². The quantitative estimate of drug-likeness (QED) is 0.850. The zero-order valence-corrected chi connectivity index (χ0v) is 11.2. The molecule has 1 aliphatic heterocycles. The highest BCUT2D eigenvalue weighted by Gasteiger charge is 2.21. The fourth-order valence-corrected chi connectivity index (χ4v) is 2.62. The van der Waals surface area contributed by atoms with Gasteiger partial charge in [0, 0.05) is 12.5 Å². The first-order valence-corrected chi connectivity index (χ1v) is 6.26. The lowest BCUT2D eigenvalue weighted by Crippen LogP contribution is -2.27. The van der Waals surface area contributed by atoms with Gasteiger partial charge in [0.25, 0.3) is 0 Å². The molecule has 2 rings (SSSR count). The van der Waals surface area contributed by atoms with Gasteiger partial charge in [-0.2, -0.15) is 5.10 Å². The first-order chi connectivity index (χ1) is 7.70. The predicted octanol–water partition coefficient (Wildman–Crippen LogP) is 1.88. The second-order valence-corrected chi connectivity index (χ2v) is 5.03. The van der Waals surface area contributed by atoms with E-state index in [1.165, 1.54) is 19.4 Å². The molecule has 0 aromatic carbocycles. The third-order valence-electron chi connectivity index (χ3n) is 3.08. The van der Waals surface area contributed by atoms with Crippen LogP contribution in [0.1, 0.15) is 18.5 Å². The molecular formula is C11H16BrN3O. The summed E-state index contributed by atoms with van der Waals surface area (Å²) in [7, 11) is 3.77. The number of hydrogen-bond donors (Lipinski definition) is 0. The Bertz CT molecular complexity index is 372. The molecule has 5 heteroatoms. The van der Waals surface area contributed by atoms with Crippen LogP contribution < -0.4 is 4.74 Å². The normalized spacial score (nSPS) is 21.3. The molecule has 0 radical (unpaired) electrons. The van der Waals surface area contributed by atoms with Gasteiger partial charge >= 0.3 is 0 Å². The predicted molar refractivity (Wildman–Crippen MR) is 65.6 cm³/mol. The van der Waals surface area contributed by atoms with E-state index in [2.05, 4.69) is 38.1 Å².